The second-order valence-corrected chi connectivity index (χ2v) is 6.75. The molecule has 2 N–H and O–H groups in total. The molecule has 0 bridgehead atoms. The molecule has 2 heterocycles. The molecular weight excluding hydrogens is 379 g/mol. The van der Waals surface area contributed by atoms with Crippen molar-refractivity contribution in [2.45, 2.75) is 6.54 Å². The third kappa shape index (κ3) is 3.54. The van der Waals surface area contributed by atoms with E-state index in [2.05, 4.69) is 10.3 Å². The number of fused-ring (bicyclic) bond motifs is 1. The van der Waals surface area contributed by atoms with Crippen molar-refractivity contribution in [2.75, 3.05) is 19.6 Å². The maximum atomic E-state index is 14.3. The summed E-state index contributed by atoms with van der Waals surface area (Å²) >= 11 is 0. The minimum absolute atomic E-state index is 0.0389. The number of aromatic nitrogens is 2. The summed E-state index contributed by atoms with van der Waals surface area (Å²) in [7, 11) is 0. The van der Waals surface area contributed by atoms with Crippen molar-refractivity contribution in [3.05, 3.63) is 80.2 Å². The van der Waals surface area contributed by atoms with Crippen molar-refractivity contribution in [1.82, 2.24) is 19.8 Å². The van der Waals surface area contributed by atoms with E-state index in [1.165, 1.54) is 21.6 Å². The third-order valence-electron chi connectivity index (χ3n) is 4.83. The molecule has 0 aliphatic carbocycles. The standard InChI is InChI=1S/C20H17FN4O4/c21-15-6-5-12(9-14(15)19(28)24-8-7-22-17(26)11-24)10-25-16-4-2-1-3-13(16)18(27)23-20(25)29/h1-6,9H,7-8,10-11H2,(H,22,26)(H,23,27,29). The number of aromatic amines is 1. The molecule has 1 aliphatic heterocycles. The highest BCUT2D eigenvalue weighted by Crippen LogP contribution is 2.16. The van der Waals surface area contributed by atoms with Gasteiger partial charge in [0.25, 0.3) is 11.5 Å². The minimum Gasteiger partial charge on any atom is -0.353 e. The van der Waals surface area contributed by atoms with E-state index in [0.717, 1.165) is 6.07 Å². The Morgan fingerprint density at radius 2 is 1.90 bits per heavy atom. The van der Waals surface area contributed by atoms with E-state index in [1.54, 1.807) is 24.3 Å². The normalized spacial score (nSPS) is 14.1. The number of benzene rings is 2. The number of amides is 2. The smallest absolute Gasteiger partial charge is 0.329 e. The van der Waals surface area contributed by atoms with Gasteiger partial charge in [-0.05, 0) is 29.8 Å². The van der Waals surface area contributed by atoms with Crippen LogP contribution in [0.2, 0.25) is 0 Å². The fourth-order valence-electron chi connectivity index (χ4n) is 3.40. The zero-order valence-corrected chi connectivity index (χ0v) is 15.3. The van der Waals surface area contributed by atoms with Gasteiger partial charge in [-0.2, -0.15) is 0 Å². The summed E-state index contributed by atoms with van der Waals surface area (Å²) in [5, 5.41) is 2.96. The van der Waals surface area contributed by atoms with Crippen molar-refractivity contribution in [3.63, 3.8) is 0 Å². The zero-order valence-electron chi connectivity index (χ0n) is 15.3. The maximum Gasteiger partial charge on any atom is 0.329 e. The van der Waals surface area contributed by atoms with Gasteiger partial charge in [-0.3, -0.25) is 23.9 Å². The molecule has 148 valence electrons. The van der Waals surface area contributed by atoms with E-state index in [4.69, 9.17) is 0 Å². The number of carbonyl (C=O) groups is 2. The number of H-pyrrole nitrogens is 1. The van der Waals surface area contributed by atoms with E-state index < -0.39 is 23.0 Å². The van der Waals surface area contributed by atoms with Crippen LogP contribution in [-0.4, -0.2) is 45.9 Å². The highest BCUT2D eigenvalue weighted by atomic mass is 19.1. The molecule has 1 fully saturated rings. The molecule has 2 amide bonds. The molecule has 0 spiro atoms. The topological polar surface area (TPSA) is 104 Å². The molecule has 0 unspecified atom stereocenters. The number of para-hydroxylation sites is 1. The Morgan fingerprint density at radius 3 is 2.69 bits per heavy atom. The van der Waals surface area contributed by atoms with Crippen LogP contribution in [0.15, 0.2) is 52.1 Å². The molecular formula is C20H17FN4O4. The van der Waals surface area contributed by atoms with E-state index in [9.17, 15) is 23.6 Å². The van der Waals surface area contributed by atoms with Gasteiger partial charge >= 0.3 is 5.69 Å². The second-order valence-electron chi connectivity index (χ2n) is 6.75. The number of piperazine rings is 1. The van der Waals surface area contributed by atoms with Gasteiger partial charge in [0.2, 0.25) is 5.91 Å². The van der Waals surface area contributed by atoms with E-state index in [1.807, 2.05) is 0 Å². The average molecular weight is 396 g/mol. The van der Waals surface area contributed by atoms with Gasteiger partial charge in [0.15, 0.2) is 0 Å². The molecule has 0 radical (unpaired) electrons. The largest absolute Gasteiger partial charge is 0.353 e. The lowest BCUT2D eigenvalue weighted by Gasteiger charge is -2.27. The van der Waals surface area contributed by atoms with Crippen LogP contribution in [0.25, 0.3) is 10.9 Å². The van der Waals surface area contributed by atoms with E-state index in [-0.39, 0.29) is 31.1 Å². The van der Waals surface area contributed by atoms with Crippen LogP contribution in [0, 0.1) is 5.82 Å². The van der Waals surface area contributed by atoms with Crippen LogP contribution in [0.4, 0.5) is 4.39 Å². The highest BCUT2D eigenvalue weighted by molar-refractivity contribution is 5.97. The monoisotopic (exact) mass is 396 g/mol. The van der Waals surface area contributed by atoms with Gasteiger partial charge in [-0.1, -0.05) is 18.2 Å². The minimum atomic E-state index is -0.705. The molecule has 0 atom stereocenters. The predicted octanol–water partition coefficient (Wildman–Crippen LogP) is 0.449. The number of halogens is 1. The predicted molar refractivity (Wildman–Crippen MR) is 103 cm³/mol. The van der Waals surface area contributed by atoms with Crippen LogP contribution in [0.1, 0.15) is 15.9 Å². The summed E-state index contributed by atoms with van der Waals surface area (Å²) in [5.74, 6) is -1.59. The van der Waals surface area contributed by atoms with E-state index >= 15 is 0 Å². The van der Waals surface area contributed by atoms with Crippen LogP contribution >= 0.6 is 0 Å². The Hall–Kier alpha value is -3.75. The van der Waals surface area contributed by atoms with Gasteiger partial charge in [-0.15, -0.1) is 0 Å². The van der Waals surface area contributed by atoms with Gasteiger partial charge in [0.1, 0.15) is 5.82 Å². The van der Waals surface area contributed by atoms with Crippen LogP contribution in [0.3, 0.4) is 0 Å². The number of nitrogens with one attached hydrogen (secondary N) is 2. The molecule has 9 heteroatoms. The Bertz CT molecular complexity index is 1250. The first-order valence-corrected chi connectivity index (χ1v) is 9.00. The summed E-state index contributed by atoms with van der Waals surface area (Å²) in [6.07, 6.45) is 0. The first-order chi connectivity index (χ1) is 13.9. The van der Waals surface area contributed by atoms with E-state index in [0.29, 0.717) is 23.0 Å². The van der Waals surface area contributed by atoms with Crippen LogP contribution in [-0.2, 0) is 11.3 Å². The lowest BCUT2D eigenvalue weighted by Crippen LogP contribution is -2.50. The van der Waals surface area contributed by atoms with Crippen molar-refractivity contribution < 1.29 is 14.0 Å². The Kier molecular flexibility index (Phi) is 4.71. The van der Waals surface area contributed by atoms with Crippen molar-refractivity contribution >= 4 is 22.7 Å². The molecule has 0 saturated carbocycles. The second kappa shape index (κ2) is 7.34. The lowest BCUT2D eigenvalue weighted by molar-refractivity contribution is -0.123. The summed E-state index contributed by atoms with van der Waals surface area (Å²) in [6.45, 7) is 0.507. The molecule has 1 aromatic heterocycles. The SMILES string of the molecule is O=C1CN(C(=O)c2cc(Cn3c(=O)[nH]c(=O)c4ccccc43)ccc2F)CCN1. The zero-order chi connectivity index (χ0) is 20.5. The number of rotatable bonds is 3. The maximum absolute atomic E-state index is 14.3. The summed E-state index contributed by atoms with van der Waals surface area (Å²) in [4.78, 5) is 52.1. The van der Waals surface area contributed by atoms with Gasteiger partial charge in [-0.25, -0.2) is 9.18 Å². The molecule has 1 aliphatic rings. The van der Waals surface area contributed by atoms with Crippen molar-refractivity contribution in [2.24, 2.45) is 0 Å². The Morgan fingerprint density at radius 1 is 1.10 bits per heavy atom. The number of nitrogens with zero attached hydrogens (tertiary/aromatic N) is 2. The molecule has 1 saturated heterocycles. The molecule has 4 rings (SSSR count). The highest BCUT2D eigenvalue weighted by Gasteiger charge is 2.24. The fraction of sp³-hybridized carbons (Fsp3) is 0.200. The Balaban J connectivity index is 1.71. The fourth-order valence-corrected chi connectivity index (χ4v) is 3.40. The molecule has 3 aromatic rings. The summed E-state index contributed by atoms with van der Waals surface area (Å²) in [6, 6.07) is 10.6. The molecule has 29 heavy (non-hydrogen) atoms. The summed E-state index contributed by atoms with van der Waals surface area (Å²) < 4.78 is 15.7. The first-order valence-electron chi connectivity index (χ1n) is 9.00. The van der Waals surface area contributed by atoms with Gasteiger partial charge < -0.3 is 10.2 Å². The molecule has 2 aromatic carbocycles. The van der Waals surface area contributed by atoms with Crippen LogP contribution < -0.4 is 16.6 Å². The van der Waals surface area contributed by atoms with Gasteiger partial charge in [0, 0.05) is 13.1 Å². The first kappa shape index (κ1) is 18.6. The van der Waals surface area contributed by atoms with Crippen LogP contribution in [0.5, 0.6) is 0 Å². The lowest BCUT2D eigenvalue weighted by atomic mass is 10.1. The molecule has 8 nitrogen and oxygen atoms in total. The number of hydrogen-bond donors (Lipinski definition) is 2. The van der Waals surface area contributed by atoms with Crippen molar-refractivity contribution in [1.29, 1.82) is 0 Å². The van der Waals surface area contributed by atoms with Crippen molar-refractivity contribution in [3.8, 4) is 0 Å². The summed E-state index contributed by atoms with van der Waals surface area (Å²) in [5.41, 5.74) is -0.306. The average Bonchev–Trinajstić information content (AvgIpc) is 2.72. The number of carbonyl (C=O) groups excluding carboxylic acids is 2. The Labute approximate surface area is 163 Å². The third-order valence-corrected chi connectivity index (χ3v) is 4.83. The van der Waals surface area contributed by atoms with Gasteiger partial charge in [0.05, 0.1) is 29.6 Å². The quantitative estimate of drug-likeness (QED) is 0.671. The number of hydrogen-bond acceptors (Lipinski definition) is 4.